The summed E-state index contributed by atoms with van der Waals surface area (Å²) in [6, 6.07) is 0. The molecule has 0 fully saturated rings. The summed E-state index contributed by atoms with van der Waals surface area (Å²) in [4.78, 5) is 11.4. The minimum absolute atomic E-state index is 0.0104. The van der Waals surface area contributed by atoms with Crippen LogP contribution in [-0.2, 0) is 9.53 Å². The molecule has 0 aliphatic carbocycles. The average molecular weight is 252 g/mol. The molecule has 1 aliphatic heterocycles. The Morgan fingerprint density at radius 3 is 2.33 bits per heavy atom. The Kier molecular flexibility index (Phi) is 8.62. The molecule has 0 saturated carbocycles. The highest BCUT2D eigenvalue weighted by Gasteiger charge is 2.03. The maximum atomic E-state index is 11.4. The first kappa shape index (κ1) is 15.3. The number of allylic oxidation sites excluding steroid dienone is 2. The lowest BCUT2D eigenvalue weighted by Gasteiger charge is -2.07. The van der Waals surface area contributed by atoms with Crippen LogP contribution in [0.4, 0.5) is 0 Å². The maximum Gasteiger partial charge on any atom is 0.305 e. The number of carbonyl (C=O) groups excluding carboxylic acids is 1. The van der Waals surface area contributed by atoms with Gasteiger partial charge in [-0.1, -0.05) is 43.8 Å². The summed E-state index contributed by atoms with van der Waals surface area (Å²) in [6.07, 6.45) is 15.0. The second-order valence-corrected chi connectivity index (χ2v) is 5.39. The van der Waals surface area contributed by atoms with E-state index in [1.807, 2.05) is 0 Å². The van der Waals surface area contributed by atoms with Crippen molar-refractivity contribution in [2.75, 3.05) is 6.61 Å². The van der Waals surface area contributed by atoms with E-state index in [1.165, 1.54) is 50.5 Å². The van der Waals surface area contributed by atoms with E-state index < -0.39 is 0 Å². The molecule has 0 radical (unpaired) electrons. The van der Waals surface area contributed by atoms with Crippen LogP contribution in [0.3, 0.4) is 0 Å². The molecule has 0 atom stereocenters. The third-order valence-corrected chi connectivity index (χ3v) is 3.56. The minimum atomic E-state index is -0.0104. The molecule has 104 valence electrons. The van der Waals surface area contributed by atoms with E-state index in [9.17, 15) is 4.79 Å². The summed E-state index contributed by atoms with van der Waals surface area (Å²) in [6.45, 7) is 2.77. The summed E-state index contributed by atoms with van der Waals surface area (Å²) in [5.41, 5.74) is 1.44. The van der Waals surface area contributed by atoms with Crippen LogP contribution >= 0.6 is 0 Å². The van der Waals surface area contributed by atoms with E-state index in [4.69, 9.17) is 4.74 Å². The fourth-order valence-electron chi connectivity index (χ4n) is 2.36. The molecule has 0 amide bonds. The molecule has 0 N–H and O–H groups in total. The van der Waals surface area contributed by atoms with Gasteiger partial charge in [0.25, 0.3) is 0 Å². The molecular formula is C16H28O2. The van der Waals surface area contributed by atoms with Crippen LogP contribution in [0.2, 0.25) is 0 Å². The van der Waals surface area contributed by atoms with Crippen LogP contribution in [0, 0.1) is 0 Å². The zero-order valence-electron chi connectivity index (χ0n) is 11.9. The first-order valence-corrected chi connectivity index (χ1v) is 7.60. The van der Waals surface area contributed by atoms with Crippen molar-refractivity contribution in [3.8, 4) is 0 Å². The minimum Gasteiger partial charge on any atom is -0.466 e. The molecule has 1 rings (SSSR count). The maximum absolute atomic E-state index is 11.4. The van der Waals surface area contributed by atoms with Gasteiger partial charge in [-0.2, -0.15) is 0 Å². The van der Waals surface area contributed by atoms with Crippen molar-refractivity contribution in [3.63, 3.8) is 0 Å². The lowest BCUT2D eigenvalue weighted by Crippen LogP contribution is -2.05. The molecule has 0 saturated heterocycles. The second-order valence-electron chi connectivity index (χ2n) is 5.39. The summed E-state index contributed by atoms with van der Waals surface area (Å²) >= 11 is 0. The van der Waals surface area contributed by atoms with E-state index in [0.717, 1.165) is 19.3 Å². The van der Waals surface area contributed by atoms with Crippen LogP contribution in [0.1, 0.15) is 77.6 Å². The molecule has 1 heterocycles. The number of cyclic esters (lactones) is 1. The van der Waals surface area contributed by atoms with Crippen LogP contribution in [0.5, 0.6) is 0 Å². The number of ether oxygens (including phenoxy) is 1. The topological polar surface area (TPSA) is 26.3 Å². The average Bonchev–Trinajstić information content (AvgIpc) is 2.35. The molecule has 0 unspecified atom stereocenters. The highest BCUT2D eigenvalue weighted by molar-refractivity contribution is 5.69. The summed E-state index contributed by atoms with van der Waals surface area (Å²) in [7, 11) is 0. The van der Waals surface area contributed by atoms with E-state index in [-0.39, 0.29) is 5.97 Å². The van der Waals surface area contributed by atoms with Crippen molar-refractivity contribution in [1.29, 1.82) is 0 Å². The molecule has 0 spiro atoms. The quantitative estimate of drug-likeness (QED) is 0.458. The number of carbonyl (C=O) groups is 1. The fraction of sp³-hybridized carbons (Fsp3) is 0.812. The highest BCUT2D eigenvalue weighted by Crippen LogP contribution is 2.13. The first-order valence-electron chi connectivity index (χ1n) is 7.60. The number of hydrogen-bond acceptors (Lipinski definition) is 2. The van der Waals surface area contributed by atoms with Crippen LogP contribution < -0.4 is 0 Å². The van der Waals surface area contributed by atoms with Crippen molar-refractivity contribution in [1.82, 2.24) is 0 Å². The Bertz CT molecular complexity index is 256. The van der Waals surface area contributed by atoms with E-state index in [2.05, 4.69) is 13.0 Å². The molecule has 18 heavy (non-hydrogen) atoms. The summed E-state index contributed by atoms with van der Waals surface area (Å²) in [5, 5.41) is 0. The van der Waals surface area contributed by atoms with Gasteiger partial charge in [-0.05, 0) is 39.0 Å². The van der Waals surface area contributed by atoms with Crippen molar-refractivity contribution in [2.24, 2.45) is 0 Å². The fourth-order valence-corrected chi connectivity index (χ4v) is 2.36. The predicted octanol–water partition coefficient (Wildman–Crippen LogP) is 4.78. The van der Waals surface area contributed by atoms with Gasteiger partial charge in [0, 0.05) is 6.42 Å². The zero-order valence-corrected chi connectivity index (χ0v) is 11.9. The highest BCUT2D eigenvalue weighted by atomic mass is 16.5. The van der Waals surface area contributed by atoms with Crippen molar-refractivity contribution in [3.05, 3.63) is 11.6 Å². The van der Waals surface area contributed by atoms with Crippen LogP contribution in [-0.4, -0.2) is 12.6 Å². The molecule has 1 aliphatic rings. The van der Waals surface area contributed by atoms with E-state index in [1.54, 1.807) is 0 Å². The van der Waals surface area contributed by atoms with Gasteiger partial charge in [0.05, 0.1) is 6.61 Å². The first-order chi connectivity index (χ1) is 8.79. The Hall–Kier alpha value is -0.790. The number of hydrogen-bond donors (Lipinski definition) is 0. The number of esters is 1. The third-order valence-electron chi connectivity index (χ3n) is 3.56. The van der Waals surface area contributed by atoms with E-state index in [0.29, 0.717) is 13.0 Å². The van der Waals surface area contributed by atoms with Crippen LogP contribution in [0.15, 0.2) is 11.6 Å². The van der Waals surface area contributed by atoms with Gasteiger partial charge in [0.15, 0.2) is 0 Å². The van der Waals surface area contributed by atoms with E-state index >= 15 is 0 Å². The lowest BCUT2D eigenvalue weighted by molar-refractivity contribution is -0.143. The third kappa shape index (κ3) is 8.32. The predicted molar refractivity (Wildman–Crippen MR) is 75.5 cm³/mol. The Labute approximate surface area is 112 Å². The lowest BCUT2D eigenvalue weighted by atomic mass is 10.1. The van der Waals surface area contributed by atoms with Crippen molar-refractivity contribution >= 4 is 5.97 Å². The molecule has 2 nitrogen and oxygen atoms in total. The molecule has 0 aromatic carbocycles. The molecule has 0 bridgehead atoms. The van der Waals surface area contributed by atoms with Gasteiger partial charge < -0.3 is 4.74 Å². The van der Waals surface area contributed by atoms with Crippen molar-refractivity contribution < 1.29 is 9.53 Å². The summed E-state index contributed by atoms with van der Waals surface area (Å²) in [5.74, 6) is -0.0104. The monoisotopic (exact) mass is 252 g/mol. The largest absolute Gasteiger partial charge is 0.466 e. The normalized spacial score (nSPS) is 24.9. The molecular weight excluding hydrogens is 224 g/mol. The smallest absolute Gasteiger partial charge is 0.305 e. The zero-order chi connectivity index (χ0) is 13.1. The van der Waals surface area contributed by atoms with Gasteiger partial charge in [-0.3, -0.25) is 4.79 Å². The van der Waals surface area contributed by atoms with Gasteiger partial charge in [0.2, 0.25) is 0 Å². The Balaban J connectivity index is 2.28. The van der Waals surface area contributed by atoms with Gasteiger partial charge in [0.1, 0.15) is 0 Å². The van der Waals surface area contributed by atoms with Gasteiger partial charge in [-0.15, -0.1) is 0 Å². The van der Waals surface area contributed by atoms with Crippen molar-refractivity contribution in [2.45, 2.75) is 77.6 Å². The SMILES string of the molecule is C/C1=C\CCCCCCCCCC(=O)OCCC1. The second kappa shape index (κ2) is 10.2. The van der Waals surface area contributed by atoms with Gasteiger partial charge >= 0.3 is 5.97 Å². The molecule has 0 aromatic rings. The molecule has 2 heteroatoms. The summed E-state index contributed by atoms with van der Waals surface area (Å²) < 4.78 is 5.22. The van der Waals surface area contributed by atoms with Crippen LogP contribution in [0.25, 0.3) is 0 Å². The standard InChI is InChI=1S/C16H28O2/c1-15-11-8-6-4-2-3-5-7-9-13-16(17)18-14-10-12-15/h11H,2-10,12-14H2,1H3/b15-11+. The Morgan fingerprint density at radius 1 is 0.889 bits per heavy atom. The Morgan fingerprint density at radius 2 is 1.56 bits per heavy atom. The van der Waals surface area contributed by atoms with Gasteiger partial charge in [-0.25, -0.2) is 0 Å². The number of rotatable bonds is 0. The molecule has 0 aromatic heterocycles.